The van der Waals surface area contributed by atoms with Crippen molar-refractivity contribution in [2.24, 2.45) is 0 Å². The third-order valence-corrected chi connectivity index (χ3v) is 6.93. The summed E-state index contributed by atoms with van der Waals surface area (Å²) in [6.07, 6.45) is 0. The lowest BCUT2D eigenvalue weighted by Crippen LogP contribution is -2.70. The lowest BCUT2D eigenvalue weighted by atomic mass is 10.0. The van der Waals surface area contributed by atoms with Gasteiger partial charge in [0.25, 0.3) is 11.6 Å². The smallest absolute Gasteiger partial charge is 0.356 e. The third-order valence-electron chi connectivity index (χ3n) is 5.18. The Hall–Kier alpha value is -3.57. The van der Waals surface area contributed by atoms with Crippen LogP contribution in [0.1, 0.15) is 5.56 Å². The number of nitrogens with zero attached hydrogens (tertiary/aromatic N) is 2. The number of nitro benzene ring substituents is 1. The van der Waals surface area contributed by atoms with Gasteiger partial charge in [0, 0.05) is 23.6 Å². The molecule has 12 heteroatoms. The zero-order valence-electron chi connectivity index (χ0n) is 17.6. The van der Waals surface area contributed by atoms with Crippen molar-refractivity contribution in [1.29, 1.82) is 0 Å². The Morgan fingerprint density at radius 3 is 2.56 bits per heavy atom. The molecule has 2 aromatic rings. The first-order valence-electron chi connectivity index (χ1n) is 10.2. The van der Waals surface area contributed by atoms with Crippen LogP contribution in [0.25, 0.3) is 0 Å². The molecule has 1 unspecified atom stereocenters. The van der Waals surface area contributed by atoms with E-state index in [9.17, 15) is 24.5 Å². The summed E-state index contributed by atoms with van der Waals surface area (Å²) in [5.74, 6) is -1.30. The van der Waals surface area contributed by atoms with Gasteiger partial charge in [0.05, 0.1) is 16.5 Å². The van der Waals surface area contributed by atoms with Gasteiger partial charge in [-0.3, -0.25) is 24.6 Å². The summed E-state index contributed by atoms with van der Waals surface area (Å²) < 4.78 is 5.29. The van der Waals surface area contributed by atoms with Gasteiger partial charge in [-0.1, -0.05) is 29.8 Å². The number of hydrogen-bond donors (Lipinski definition) is 2. The molecule has 2 aliphatic heterocycles. The van der Waals surface area contributed by atoms with E-state index in [1.165, 1.54) is 40.9 Å². The van der Waals surface area contributed by atoms with Gasteiger partial charge in [-0.15, -0.1) is 11.8 Å². The summed E-state index contributed by atoms with van der Waals surface area (Å²) in [6.45, 7) is -0.151. The second-order valence-electron chi connectivity index (χ2n) is 7.43. The minimum absolute atomic E-state index is 0.00802. The van der Waals surface area contributed by atoms with Crippen LogP contribution in [-0.4, -0.2) is 51.3 Å². The molecule has 0 saturated carbocycles. The van der Waals surface area contributed by atoms with E-state index in [1.807, 2.05) is 30.3 Å². The van der Waals surface area contributed by atoms with Crippen molar-refractivity contribution in [3.63, 3.8) is 0 Å². The number of fused-ring (bicyclic) bond motifs is 1. The highest BCUT2D eigenvalue weighted by atomic mass is 35.5. The van der Waals surface area contributed by atoms with Gasteiger partial charge in [-0.2, -0.15) is 0 Å². The largest absolute Gasteiger partial charge is 0.456 e. The molecule has 0 bridgehead atoms. The van der Waals surface area contributed by atoms with E-state index < -0.39 is 28.2 Å². The molecule has 2 amide bonds. The minimum atomic E-state index is -0.780. The number of thioether (sulfide) groups is 1. The zero-order valence-corrected chi connectivity index (χ0v) is 19.2. The van der Waals surface area contributed by atoms with Crippen molar-refractivity contribution < 1.29 is 24.0 Å². The number of benzene rings is 2. The fraction of sp³-hybridized carbons (Fsp3) is 0.227. The van der Waals surface area contributed by atoms with Crippen molar-refractivity contribution >= 4 is 52.5 Å². The Morgan fingerprint density at radius 1 is 1.18 bits per heavy atom. The second kappa shape index (κ2) is 10.1. The maximum absolute atomic E-state index is 12.8. The maximum atomic E-state index is 12.8. The van der Waals surface area contributed by atoms with Crippen molar-refractivity contribution in [3.8, 4) is 0 Å². The molecule has 2 heterocycles. The van der Waals surface area contributed by atoms with E-state index in [0.717, 1.165) is 5.69 Å². The number of hydrogen-bond acceptors (Lipinski definition) is 8. The van der Waals surface area contributed by atoms with Crippen LogP contribution in [0.15, 0.2) is 65.3 Å². The highest BCUT2D eigenvalue weighted by Crippen LogP contribution is 2.41. The summed E-state index contributed by atoms with van der Waals surface area (Å²) in [5, 5.41) is 16.1. The van der Waals surface area contributed by atoms with Gasteiger partial charge in [-0.05, 0) is 29.8 Å². The summed E-state index contributed by atoms with van der Waals surface area (Å²) in [7, 11) is 0. The van der Waals surface area contributed by atoms with Crippen molar-refractivity contribution in [2.75, 3.05) is 17.6 Å². The molecule has 34 heavy (non-hydrogen) atoms. The van der Waals surface area contributed by atoms with Crippen molar-refractivity contribution in [2.45, 2.75) is 18.0 Å². The second-order valence-corrected chi connectivity index (χ2v) is 8.99. The number of nitrogens with one attached hydrogen (secondary N) is 2. The lowest BCUT2D eigenvalue weighted by molar-refractivity contribution is -0.384. The summed E-state index contributed by atoms with van der Waals surface area (Å²) in [6, 6.07) is 14.0. The number of carbonyl (C=O) groups excluding carboxylic acids is 3. The number of nitro groups is 1. The van der Waals surface area contributed by atoms with E-state index >= 15 is 0 Å². The van der Waals surface area contributed by atoms with Crippen LogP contribution in [0.2, 0.25) is 0 Å². The molecule has 2 N–H and O–H groups in total. The average Bonchev–Trinajstić information content (AvgIpc) is 2.85. The number of carbonyl (C=O) groups is 3. The molecule has 0 radical (unpaired) electrons. The Kier molecular flexibility index (Phi) is 7.03. The molecule has 0 aromatic heterocycles. The Morgan fingerprint density at radius 2 is 1.88 bits per heavy atom. The van der Waals surface area contributed by atoms with Gasteiger partial charge < -0.3 is 15.4 Å². The van der Waals surface area contributed by atoms with E-state index in [2.05, 4.69) is 10.6 Å². The molecule has 2 atom stereocenters. The fourth-order valence-corrected chi connectivity index (χ4v) is 5.01. The van der Waals surface area contributed by atoms with Crippen molar-refractivity contribution in [1.82, 2.24) is 10.2 Å². The molecule has 10 nitrogen and oxygen atoms in total. The Labute approximate surface area is 203 Å². The quantitative estimate of drug-likeness (QED) is 0.244. The van der Waals surface area contributed by atoms with Crippen LogP contribution < -0.4 is 10.6 Å². The van der Waals surface area contributed by atoms with Crippen LogP contribution in [0.4, 0.5) is 11.4 Å². The summed E-state index contributed by atoms with van der Waals surface area (Å²) in [4.78, 5) is 49.2. The SMILES string of the molecule is O=C(CNc1ccccc1)NC1C(=O)N2C(C(=O)OCc3ccc([N+](=O)[O-])cc3)=C(Cl)CS[C@@H]12. The molecule has 176 valence electrons. The van der Waals surface area contributed by atoms with Gasteiger partial charge in [-0.25, -0.2) is 4.79 Å². The number of non-ortho nitro benzene ring substituents is 1. The molecular formula is C22H19ClN4O6S. The molecule has 4 rings (SSSR count). The first-order chi connectivity index (χ1) is 16.3. The number of esters is 1. The Bertz CT molecular complexity index is 1160. The van der Waals surface area contributed by atoms with E-state index in [0.29, 0.717) is 5.56 Å². The van der Waals surface area contributed by atoms with Gasteiger partial charge in [0.2, 0.25) is 5.91 Å². The van der Waals surface area contributed by atoms with Crippen LogP contribution >= 0.6 is 23.4 Å². The normalized spacial score (nSPS) is 19.1. The highest BCUT2D eigenvalue weighted by Gasteiger charge is 2.54. The molecule has 2 aliphatic rings. The van der Waals surface area contributed by atoms with Gasteiger partial charge in [0.15, 0.2) is 0 Å². The third kappa shape index (κ3) is 5.00. The standard InChI is InChI=1S/C22H19ClN4O6S/c23-16-12-34-21-18(25-17(28)10-24-14-4-2-1-3-5-14)20(29)26(21)19(16)22(30)33-11-13-6-8-15(9-7-13)27(31)32/h1-9,18,21,24H,10-12H2,(H,25,28)/t18?,21-/m0/s1. The van der Waals surface area contributed by atoms with E-state index in [1.54, 1.807) is 0 Å². The molecule has 2 aromatic carbocycles. The number of anilines is 1. The predicted molar refractivity (Wildman–Crippen MR) is 126 cm³/mol. The van der Waals surface area contributed by atoms with Crippen LogP contribution in [0.3, 0.4) is 0 Å². The van der Waals surface area contributed by atoms with Crippen molar-refractivity contribution in [3.05, 3.63) is 81.0 Å². The average molecular weight is 503 g/mol. The fourth-order valence-electron chi connectivity index (χ4n) is 3.47. The number of para-hydroxylation sites is 1. The zero-order chi connectivity index (χ0) is 24.2. The number of β-lactam (4-membered cyclic amide) rings is 1. The summed E-state index contributed by atoms with van der Waals surface area (Å²) in [5.41, 5.74) is 1.19. The highest BCUT2D eigenvalue weighted by molar-refractivity contribution is 8.00. The van der Waals surface area contributed by atoms with Gasteiger partial charge >= 0.3 is 5.97 Å². The van der Waals surface area contributed by atoms with Crippen LogP contribution in [-0.2, 0) is 25.7 Å². The topological polar surface area (TPSA) is 131 Å². The summed E-state index contributed by atoms with van der Waals surface area (Å²) >= 11 is 7.57. The molecule has 1 saturated heterocycles. The number of amides is 2. The van der Waals surface area contributed by atoms with E-state index in [4.69, 9.17) is 16.3 Å². The van der Waals surface area contributed by atoms with E-state index in [-0.39, 0.29) is 41.2 Å². The number of halogens is 1. The lowest BCUT2D eigenvalue weighted by Gasteiger charge is -2.49. The Balaban J connectivity index is 1.34. The minimum Gasteiger partial charge on any atom is -0.456 e. The first-order valence-corrected chi connectivity index (χ1v) is 11.6. The monoisotopic (exact) mass is 502 g/mol. The molecule has 0 spiro atoms. The van der Waals surface area contributed by atoms with Crippen LogP contribution in [0, 0.1) is 10.1 Å². The number of rotatable bonds is 8. The van der Waals surface area contributed by atoms with Crippen LogP contribution in [0.5, 0.6) is 0 Å². The number of ether oxygens (including phenoxy) is 1. The maximum Gasteiger partial charge on any atom is 0.356 e. The first kappa shape index (κ1) is 23.6. The predicted octanol–water partition coefficient (Wildman–Crippen LogP) is 2.60. The molecular weight excluding hydrogens is 484 g/mol. The molecule has 1 fully saturated rings. The molecule has 0 aliphatic carbocycles. The van der Waals surface area contributed by atoms with Gasteiger partial charge in [0.1, 0.15) is 23.7 Å².